The van der Waals surface area contributed by atoms with Gasteiger partial charge in [0.2, 0.25) is 5.91 Å². The van der Waals surface area contributed by atoms with Gasteiger partial charge < -0.3 is 5.32 Å². The zero-order chi connectivity index (χ0) is 18.2. The van der Waals surface area contributed by atoms with E-state index in [9.17, 15) is 13.2 Å². The summed E-state index contributed by atoms with van der Waals surface area (Å²) >= 11 is 0.945. The molecule has 1 heterocycles. The van der Waals surface area contributed by atoms with Crippen LogP contribution in [-0.2, 0) is 14.6 Å². The monoisotopic (exact) mass is 375 g/mol. The molecule has 3 rings (SSSR count). The van der Waals surface area contributed by atoms with Gasteiger partial charge in [-0.2, -0.15) is 8.75 Å². The number of carbonyl (C=O) groups is 1. The number of carbonyl (C=O) groups excluding carboxylic acids is 1. The van der Waals surface area contributed by atoms with E-state index >= 15 is 0 Å². The Bertz CT molecular complexity index is 1050. The summed E-state index contributed by atoms with van der Waals surface area (Å²) in [4.78, 5) is 12.4. The number of nitrogens with one attached hydrogen (secondary N) is 1. The lowest BCUT2D eigenvalue weighted by Gasteiger charge is -2.13. The summed E-state index contributed by atoms with van der Waals surface area (Å²) < 4.78 is 33.4. The van der Waals surface area contributed by atoms with Gasteiger partial charge >= 0.3 is 0 Å². The van der Waals surface area contributed by atoms with Crippen LogP contribution >= 0.6 is 11.7 Å². The molecule has 0 radical (unpaired) electrons. The molecule has 2 aromatic carbocycles. The molecule has 6 nitrogen and oxygen atoms in total. The van der Waals surface area contributed by atoms with Gasteiger partial charge in [-0.05, 0) is 44.0 Å². The highest BCUT2D eigenvalue weighted by Gasteiger charge is 2.23. The van der Waals surface area contributed by atoms with Crippen LogP contribution < -0.4 is 5.32 Å². The molecule has 0 fully saturated rings. The summed E-state index contributed by atoms with van der Waals surface area (Å²) in [5.74, 6) is -1.22. The second-order valence-corrected chi connectivity index (χ2v) is 8.46. The Morgan fingerprint density at radius 1 is 1.12 bits per heavy atom. The van der Waals surface area contributed by atoms with Crippen LogP contribution in [0.5, 0.6) is 0 Å². The van der Waals surface area contributed by atoms with Crippen LogP contribution in [0.25, 0.3) is 11.0 Å². The van der Waals surface area contributed by atoms with Crippen molar-refractivity contribution in [2.75, 3.05) is 11.1 Å². The lowest BCUT2D eigenvalue weighted by Crippen LogP contribution is -2.24. The van der Waals surface area contributed by atoms with Gasteiger partial charge in [-0.25, -0.2) is 8.42 Å². The third-order valence-corrected chi connectivity index (χ3v) is 6.03. The van der Waals surface area contributed by atoms with Gasteiger partial charge in [0.15, 0.2) is 9.84 Å². The van der Waals surface area contributed by atoms with Crippen LogP contribution in [0.15, 0.2) is 35.2 Å². The normalized spacial score (nSPS) is 11.6. The minimum absolute atomic E-state index is 0.0336. The number of aromatic nitrogens is 2. The van der Waals surface area contributed by atoms with Gasteiger partial charge in [-0.3, -0.25) is 4.79 Å². The Hall–Kier alpha value is -2.32. The molecular weight excluding hydrogens is 358 g/mol. The van der Waals surface area contributed by atoms with Crippen molar-refractivity contribution in [3.8, 4) is 0 Å². The molecule has 0 saturated carbocycles. The SMILES string of the molecule is Cc1cc(C)c(NC(=O)CS(=O)(=O)c2cccc3nsnc23)c(C)c1. The van der Waals surface area contributed by atoms with Crippen LogP contribution in [0.1, 0.15) is 16.7 Å². The van der Waals surface area contributed by atoms with Crippen LogP contribution in [0, 0.1) is 20.8 Å². The smallest absolute Gasteiger partial charge is 0.239 e. The van der Waals surface area contributed by atoms with Crippen molar-refractivity contribution < 1.29 is 13.2 Å². The third kappa shape index (κ3) is 3.54. The Morgan fingerprint density at radius 2 is 1.80 bits per heavy atom. The van der Waals surface area contributed by atoms with Crippen molar-refractivity contribution in [2.45, 2.75) is 25.7 Å². The van der Waals surface area contributed by atoms with Crippen molar-refractivity contribution in [1.82, 2.24) is 8.75 Å². The molecule has 0 spiro atoms. The summed E-state index contributed by atoms with van der Waals surface area (Å²) in [6.45, 7) is 5.73. The first-order valence-electron chi connectivity index (χ1n) is 7.59. The van der Waals surface area contributed by atoms with E-state index < -0.39 is 21.5 Å². The molecular formula is C17H17N3O3S2. The van der Waals surface area contributed by atoms with E-state index in [2.05, 4.69) is 14.1 Å². The predicted octanol–water partition coefficient (Wildman–Crippen LogP) is 3.03. The summed E-state index contributed by atoms with van der Waals surface area (Å²) in [5.41, 5.74) is 4.35. The maximum absolute atomic E-state index is 12.6. The average molecular weight is 375 g/mol. The van der Waals surface area contributed by atoms with Crippen molar-refractivity contribution in [3.05, 3.63) is 47.0 Å². The zero-order valence-corrected chi connectivity index (χ0v) is 15.7. The Balaban J connectivity index is 1.87. The first-order valence-corrected chi connectivity index (χ1v) is 9.98. The van der Waals surface area contributed by atoms with E-state index in [1.54, 1.807) is 12.1 Å². The van der Waals surface area contributed by atoms with E-state index in [0.29, 0.717) is 16.7 Å². The van der Waals surface area contributed by atoms with Gasteiger partial charge in [0, 0.05) is 5.69 Å². The first-order chi connectivity index (χ1) is 11.8. The van der Waals surface area contributed by atoms with Gasteiger partial charge in [-0.15, -0.1) is 0 Å². The van der Waals surface area contributed by atoms with Crippen molar-refractivity contribution in [2.24, 2.45) is 0 Å². The first kappa shape index (κ1) is 17.5. The fourth-order valence-corrected chi connectivity index (χ4v) is 4.75. The molecule has 0 aliphatic carbocycles. The minimum Gasteiger partial charge on any atom is -0.325 e. The topological polar surface area (TPSA) is 89.0 Å². The number of nitrogens with zero attached hydrogens (tertiary/aromatic N) is 2. The second-order valence-electron chi connectivity index (χ2n) is 5.97. The van der Waals surface area contributed by atoms with Gasteiger partial charge in [0.05, 0.1) is 16.6 Å². The number of benzene rings is 2. The summed E-state index contributed by atoms with van der Waals surface area (Å²) in [5, 5.41) is 2.72. The molecule has 0 bridgehead atoms. The highest BCUT2D eigenvalue weighted by Crippen LogP contribution is 2.24. The lowest BCUT2D eigenvalue weighted by molar-refractivity contribution is -0.113. The number of anilines is 1. The molecule has 0 unspecified atom stereocenters. The van der Waals surface area contributed by atoms with E-state index in [1.807, 2.05) is 32.9 Å². The molecule has 25 heavy (non-hydrogen) atoms. The molecule has 3 aromatic rings. The molecule has 8 heteroatoms. The van der Waals surface area contributed by atoms with E-state index in [-0.39, 0.29) is 4.90 Å². The number of rotatable bonds is 4. The number of fused-ring (bicyclic) bond motifs is 1. The summed E-state index contributed by atoms with van der Waals surface area (Å²) in [6.07, 6.45) is 0. The fraction of sp³-hybridized carbons (Fsp3) is 0.235. The standard InChI is InChI=1S/C17H17N3O3S2/c1-10-7-11(2)16(12(3)8-10)18-15(21)9-25(22,23)14-6-4-5-13-17(14)20-24-19-13/h4-8H,9H2,1-3H3,(H,18,21). The van der Waals surface area contributed by atoms with Crippen molar-refractivity contribution >= 4 is 44.2 Å². The number of aryl methyl sites for hydroxylation is 3. The largest absolute Gasteiger partial charge is 0.325 e. The van der Waals surface area contributed by atoms with Crippen LogP contribution in [-0.4, -0.2) is 28.8 Å². The van der Waals surface area contributed by atoms with E-state index in [4.69, 9.17) is 0 Å². The molecule has 130 valence electrons. The van der Waals surface area contributed by atoms with E-state index in [0.717, 1.165) is 28.4 Å². The quantitative estimate of drug-likeness (QED) is 0.757. The maximum Gasteiger partial charge on any atom is 0.239 e. The highest BCUT2D eigenvalue weighted by molar-refractivity contribution is 7.92. The van der Waals surface area contributed by atoms with Crippen molar-refractivity contribution in [1.29, 1.82) is 0 Å². The molecule has 0 aliphatic rings. The van der Waals surface area contributed by atoms with Gasteiger partial charge in [-0.1, -0.05) is 23.8 Å². The third-order valence-electron chi connectivity index (χ3n) is 3.85. The maximum atomic E-state index is 12.6. The number of hydrogen-bond donors (Lipinski definition) is 1. The van der Waals surface area contributed by atoms with Crippen molar-refractivity contribution in [3.63, 3.8) is 0 Å². The number of hydrogen-bond acceptors (Lipinski definition) is 6. The Morgan fingerprint density at radius 3 is 2.48 bits per heavy atom. The van der Waals surface area contributed by atoms with Gasteiger partial charge in [0.1, 0.15) is 16.8 Å². The van der Waals surface area contributed by atoms with Crippen LogP contribution in [0.4, 0.5) is 5.69 Å². The Kier molecular flexibility index (Phi) is 4.57. The summed E-state index contributed by atoms with van der Waals surface area (Å²) in [7, 11) is -3.82. The number of amides is 1. The van der Waals surface area contributed by atoms with Gasteiger partial charge in [0.25, 0.3) is 0 Å². The molecule has 0 aliphatic heterocycles. The van der Waals surface area contributed by atoms with E-state index in [1.165, 1.54) is 6.07 Å². The van der Waals surface area contributed by atoms with Crippen LogP contribution in [0.2, 0.25) is 0 Å². The predicted molar refractivity (Wildman–Crippen MR) is 98.8 cm³/mol. The molecule has 0 atom stereocenters. The molecule has 1 N–H and O–H groups in total. The lowest BCUT2D eigenvalue weighted by atomic mass is 10.1. The second kappa shape index (κ2) is 6.53. The Labute approximate surface area is 150 Å². The number of sulfone groups is 1. The average Bonchev–Trinajstić information content (AvgIpc) is 2.98. The summed E-state index contributed by atoms with van der Waals surface area (Å²) in [6, 6.07) is 8.63. The molecule has 0 saturated heterocycles. The fourth-order valence-electron chi connectivity index (χ4n) is 2.84. The molecule has 1 amide bonds. The molecule has 1 aromatic heterocycles. The highest BCUT2D eigenvalue weighted by atomic mass is 32.2. The minimum atomic E-state index is -3.82. The van der Waals surface area contributed by atoms with Crippen LogP contribution in [0.3, 0.4) is 0 Å². The zero-order valence-electron chi connectivity index (χ0n) is 14.0.